The first-order valence-corrected chi connectivity index (χ1v) is 3.81. The SMILES string of the molecule is O=C([O-])CC[C@H]1NC(=S)NC1=O. The van der Waals surface area contributed by atoms with Gasteiger partial charge in [-0.25, -0.2) is 0 Å². The van der Waals surface area contributed by atoms with E-state index in [1.807, 2.05) is 0 Å². The molecule has 0 bridgehead atoms. The maximum Gasteiger partial charge on any atom is 0.248 e. The molecule has 12 heavy (non-hydrogen) atoms. The van der Waals surface area contributed by atoms with Crippen LogP contribution in [0.2, 0.25) is 0 Å². The summed E-state index contributed by atoms with van der Waals surface area (Å²) in [7, 11) is 0. The van der Waals surface area contributed by atoms with Gasteiger partial charge in [-0.3, -0.25) is 4.79 Å². The Balaban J connectivity index is 2.38. The van der Waals surface area contributed by atoms with Gasteiger partial charge in [0.05, 0.1) is 0 Å². The number of nitrogens with one attached hydrogen (secondary N) is 2. The van der Waals surface area contributed by atoms with Gasteiger partial charge < -0.3 is 20.5 Å². The molecule has 0 saturated carbocycles. The van der Waals surface area contributed by atoms with Crippen molar-refractivity contribution in [1.29, 1.82) is 0 Å². The van der Waals surface area contributed by atoms with Crippen LogP contribution in [0.25, 0.3) is 0 Å². The summed E-state index contributed by atoms with van der Waals surface area (Å²) in [4.78, 5) is 21.0. The first kappa shape index (κ1) is 8.92. The molecule has 66 valence electrons. The van der Waals surface area contributed by atoms with E-state index in [0.29, 0.717) is 0 Å². The minimum Gasteiger partial charge on any atom is -0.550 e. The molecule has 5 nitrogen and oxygen atoms in total. The molecule has 2 N–H and O–H groups in total. The number of carbonyl (C=O) groups excluding carboxylic acids is 2. The van der Waals surface area contributed by atoms with Gasteiger partial charge in [-0.15, -0.1) is 0 Å². The van der Waals surface area contributed by atoms with Gasteiger partial charge in [0.2, 0.25) is 5.91 Å². The smallest absolute Gasteiger partial charge is 0.248 e. The van der Waals surface area contributed by atoms with Crippen molar-refractivity contribution < 1.29 is 14.7 Å². The Morgan fingerprint density at radius 3 is 2.75 bits per heavy atom. The normalized spacial score (nSPS) is 21.8. The number of hydrogen-bond donors (Lipinski definition) is 2. The van der Waals surface area contributed by atoms with Gasteiger partial charge in [0.15, 0.2) is 5.11 Å². The molecule has 1 rings (SSSR count). The summed E-state index contributed by atoms with van der Waals surface area (Å²) in [5.74, 6) is -1.44. The van der Waals surface area contributed by atoms with E-state index in [2.05, 4.69) is 22.9 Å². The van der Waals surface area contributed by atoms with Crippen molar-refractivity contribution in [3.63, 3.8) is 0 Å². The molecule has 1 heterocycles. The van der Waals surface area contributed by atoms with Crippen molar-refractivity contribution in [3.8, 4) is 0 Å². The number of carbonyl (C=O) groups is 2. The zero-order valence-corrected chi connectivity index (χ0v) is 6.94. The molecule has 1 atom stereocenters. The lowest BCUT2D eigenvalue weighted by atomic mass is 10.1. The summed E-state index contributed by atoms with van der Waals surface area (Å²) in [5, 5.41) is 15.3. The lowest BCUT2D eigenvalue weighted by Gasteiger charge is -2.06. The highest BCUT2D eigenvalue weighted by Gasteiger charge is 2.26. The molecule has 1 amide bonds. The van der Waals surface area contributed by atoms with Gasteiger partial charge in [0.25, 0.3) is 0 Å². The molecule has 0 aromatic rings. The van der Waals surface area contributed by atoms with Gasteiger partial charge >= 0.3 is 0 Å². The number of aliphatic carboxylic acids is 1. The molecule has 0 unspecified atom stereocenters. The zero-order valence-electron chi connectivity index (χ0n) is 6.12. The Labute approximate surface area is 74.1 Å². The van der Waals surface area contributed by atoms with Gasteiger partial charge in [-0.1, -0.05) is 0 Å². The molecule has 0 radical (unpaired) electrons. The molecule has 1 aliphatic heterocycles. The standard InChI is InChI=1S/C6H8N2O3S/c9-4(10)2-1-3-5(11)8-6(12)7-3/h3H,1-2H2,(H,9,10)(H2,7,8,11,12)/p-1/t3-/m1/s1. The van der Waals surface area contributed by atoms with Crippen molar-refractivity contribution in [1.82, 2.24) is 10.6 Å². The minimum atomic E-state index is -1.16. The van der Waals surface area contributed by atoms with E-state index in [1.54, 1.807) is 0 Å². The number of rotatable bonds is 3. The van der Waals surface area contributed by atoms with Crippen molar-refractivity contribution in [3.05, 3.63) is 0 Å². The average Bonchev–Trinajstić information content (AvgIpc) is 2.26. The number of thiocarbonyl (C=S) groups is 1. The third kappa shape index (κ3) is 2.16. The molecule has 0 aliphatic carbocycles. The molecule has 0 spiro atoms. The van der Waals surface area contributed by atoms with Crippen molar-refractivity contribution in [2.75, 3.05) is 0 Å². The predicted molar refractivity (Wildman–Crippen MR) is 41.9 cm³/mol. The zero-order chi connectivity index (χ0) is 9.14. The summed E-state index contributed by atoms with van der Waals surface area (Å²) < 4.78 is 0. The molecule has 1 saturated heterocycles. The van der Waals surface area contributed by atoms with E-state index in [-0.39, 0.29) is 23.9 Å². The van der Waals surface area contributed by atoms with E-state index in [9.17, 15) is 14.7 Å². The molecular weight excluding hydrogens is 180 g/mol. The Kier molecular flexibility index (Phi) is 2.59. The number of amides is 1. The van der Waals surface area contributed by atoms with Crippen LogP contribution < -0.4 is 15.7 Å². The van der Waals surface area contributed by atoms with Crippen LogP contribution in [0, 0.1) is 0 Å². The predicted octanol–water partition coefficient (Wildman–Crippen LogP) is -2.11. The molecule has 1 fully saturated rings. The van der Waals surface area contributed by atoms with Crippen LogP contribution in [0.1, 0.15) is 12.8 Å². The Hall–Kier alpha value is -1.17. The largest absolute Gasteiger partial charge is 0.550 e. The number of carboxylic acid groups (broad SMARTS) is 1. The first-order valence-electron chi connectivity index (χ1n) is 3.41. The fraction of sp³-hybridized carbons (Fsp3) is 0.500. The Morgan fingerprint density at radius 1 is 1.67 bits per heavy atom. The van der Waals surface area contributed by atoms with Crippen LogP contribution >= 0.6 is 12.2 Å². The summed E-state index contributed by atoms with van der Waals surface area (Å²) in [5.41, 5.74) is 0. The number of carboxylic acids is 1. The van der Waals surface area contributed by atoms with Gasteiger partial charge in [0.1, 0.15) is 6.04 Å². The van der Waals surface area contributed by atoms with Gasteiger partial charge in [-0.2, -0.15) is 0 Å². The second-order valence-corrected chi connectivity index (χ2v) is 2.83. The second kappa shape index (κ2) is 3.48. The van der Waals surface area contributed by atoms with Crippen molar-refractivity contribution in [2.24, 2.45) is 0 Å². The third-order valence-corrected chi connectivity index (χ3v) is 1.72. The summed E-state index contributed by atoms with van der Waals surface area (Å²) in [6, 6.07) is -0.518. The van der Waals surface area contributed by atoms with Gasteiger partial charge in [0, 0.05) is 5.97 Å². The maximum absolute atomic E-state index is 10.9. The Morgan fingerprint density at radius 2 is 2.33 bits per heavy atom. The van der Waals surface area contributed by atoms with Gasteiger partial charge in [-0.05, 0) is 25.1 Å². The molecular formula is C6H7N2O3S-. The maximum atomic E-state index is 10.9. The van der Waals surface area contributed by atoms with E-state index < -0.39 is 12.0 Å². The quantitative estimate of drug-likeness (QED) is 0.494. The highest BCUT2D eigenvalue weighted by molar-refractivity contribution is 7.80. The second-order valence-electron chi connectivity index (χ2n) is 2.43. The van der Waals surface area contributed by atoms with E-state index in [0.717, 1.165) is 0 Å². The fourth-order valence-corrected chi connectivity index (χ4v) is 1.17. The van der Waals surface area contributed by atoms with E-state index in [1.165, 1.54) is 0 Å². The summed E-state index contributed by atoms with van der Waals surface area (Å²) in [6.07, 6.45) is 0.0575. The minimum absolute atomic E-state index is 0.145. The monoisotopic (exact) mass is 187 g/mol. The molecule has 6 heteroatoms. The summed E-state index contributed by atoms with van der Waals surface area (Å²) in [6.45, 7) is 0. The molecule has 0 aromatic carbocycles. The summed E-state index contributed by atoms with van der Waals surface area (Å²) >= 11 is 4.65. The van der Waals surface area contributed by atoms with Crippen LogP contribution in [-0.4, -0.2) is 23.0 Å². The fourth-order valence-electron chi connectivity index (χ4n) is 0.924. The van der Waals surface area contributed by atoms with Crippen LogP contribution in [0.4, 0.5) is 0 Å². The van der Waals surface area contributed by atoms with Crippen molar-refractivity contribution >= 4 is 29.2 Å². The van der Waals surface area contributed by atoms with E-state index in [4.69, 9.17) is 0 Å². The first-order chi connectivity index (χ1) is 5.59. The van der Waals surface area contributed by atoms with E-state index >= 15 is 0 Å². The third-order valence-electron chi connectivity index (χ3n) is 1.50. The lowest BCUT2D eigenvalue weighted by Crippen LogP contribution is -2.32. The van der Waals surface area contributed by atoms with Crippen LogP contribution in [0.3, 0.4) is 0 Å². The van der Waals surface area contributed by atoms with Crippen molar-refractivity contribution in [2.45, 2.75) is 18.9 Å². The lowest BCUT2D eigenvalue weighted by molar-refractivity contribution is -0.305. The highest BCUT2D eigenvalue weighted by Crippen LogP contribution is 2.01. The van der Waals surface area contributed by atoms with Crippen LogP contribution in [0.5, 0.6) is 0 Å². The van der Waals surface area contributed by atoms with Crippen LogP contribution in [-0.2, 0) is 9.59 Å². The average molecular weight is 187 g/mol. The number of hydrogen-bond acceptors (Lipinski definition) is 4. The topological polar surface area (TPSA) is 81.3 Å². The van der Waals surface area contributed by atoms with Crippen LogP contribution in [0.15, 0.2) is 0 Å². The Bertz CT molecular complexity index is 241. The molecule has 1 aliphatic rings. The highest BCUT2D eigenvalue weighted by atomic mass is 32.1. The molecule has 0 aromatic heterocycles.